The van der Waals surface area contributed by atoms with Gasteiger partial charge in [0.25, 0.3) is 0 Å². The van der Waals surface area contributed by atoms with Crippen LogP contribution in [0.2, 0.25) is 0 Å². The molecule has 1 fully saturated rings. The smallest absolute Gasteiger partial charge is 0.243 e. The second-order valence-corrected chi connectivity index (χ2v) is 9.02. The molecule has 0 atom stereocenters. The zero-order valence-electron chi connectivity index (χ0n) is 17.9. The van der Waals surface area contributed by atoms with Crippen LogP contribution in [0.25, 0.3) is 0 Å². The van der Waals surface area contributed by atoms with Gasteiger partial charge in [0, 0.05) is 45.3 Å². The van der Waals surface area contributed by atoms with Crippen LogP contribution in [0.4, 0.5) is 0 Å². The van der Waals surface area contributed by atoms with E-state index in [1.54, 1.807) is 6.07 Å². The average Bonchev–Trinajstić information content (AvgIpc) is 2.73. The molecule has 1 heterocycles. The van der Waals surface area contributed by atoms with Crippen LogP contribution in [0, 0.1) is 0 Å². The van der Waals surface area contributed by atoms with Crippen molar-refractivity contribution < 1.29 is 22.7 Å². The van der Waals surface area contributed by atoms with Crippen LogP contribution in [0.5, 0.6) is 11.5 Å². The van der Waals surface area contributed by atoms with Crippen LogP contribution in [-0.2, 0) is 14.8 Å². The fourth-order valence-corrected chi connectivity index (χ4v) is 4.88. The topological polar surface area (TPSA) is 79.4 Å². The van der Waals surface area contributed by atoms with Gasteiger partial charge in [0.2, 0.25) is 15.9 Å². The maximum absolute atomic E-state index is 13.0. The van der Waals surface area contributed by atoms with Crippen molar-refractivity contribution in [2.24, 2.45) is 0 Å². The van der Waals surface area contributed by atoms with Gasteiger partial charge in [-0.3, -0.25) is 9.69 Å². The van der Waals surface area contributed by atoms with Gasteiger partial charge in [-0.15, -0.1) is 0 Å². The lowest BCUT2D eigenvalue weighted by molar-refractivity contribution is -0.132. The molecule has 0 saturated carbocycles. The quantitative estimate of drug-likeness (QED) is 0.565. The highest BCUT2D eigenvalue weighted by atomic mass is 32.2. The molecule has 0 spiro atoms. The van der Waals surface area contributed by atoms with E-state index >= 15 is 0 Å². The SMILES string of the molecule is CCCN(CCC)C(=O)CN1CCN(S(=O)(=O)c2ccc(OC)c(OC)c2)CC1. The number of amides is 1. The number of hydrogen-bond donors (Lipinski definition) is 0. The minimum atomic E-state index is -3.63. The number of sulfonamides is 1. The summed E-state index contributed by atoms with van der Waals surface area (Å²) in [5, 5.41) is 0. The Balaban J connectivity index is 2.00. The van der Waals surface area contributed by atoms with Crippen molar-refractivity contribution in [3.8, 4) is 11.5 Å². The number of benzene rings is 1. The highest BCUT2D eigenvalue weighted by molar-refractivity contribution is 7.89. The predicted octanol–water partition coefficient (Wildman–Crippen LogP) is 1.66. The van der Waals surface area contributed by atoms with Gasteiger partial charge in [-0.1, -0.05) is 13.8 Å². The zero-order valence-corrected chi connectivity index (χ0v) is 18.7. The van der Waals surface area contributed by atoms with Crippen LogP contribution < -0.4 is 9.47 Å². The summed E-state index contributed by atoms with van der Waals surface area (Å²) < 4.78 is 37.9. The second-order valence-electron chi connectivity index (χ2n) is 7.08. The summed E-state index contributed by atoms with van der Waals surface area (Å²) in [7, 11) is -0.644. The third kappa shape index (κ3) is 5.83. The largest absolute Gasteiger partial charge is 0.493 e. The summed E-state index contributed by atoms with van der Waals surface area (Å²) in [5.74, 6) is 0.980. The van der Waals surface area contributed by atoms with E-state index in [4.69, 9.17) is 9.47 Å². The van der Waals surface area contributed by atoms with Crippen LogP contribution in [0.15, 0.2) is 23.1 Å². The molecule has 9 heteroatoms. The Morgan fingerprint density at radius 2 is 1.59 bits per heavy atom. The van der Waals surface area contributed by atoms with Gasteiger partial charge < -0.3 is 14.4 Å². The highest BCUT2D eigenvalue weighted by Gasteiger charge is 2.30. The number of carbonyl (C=O) groups excluding carboxylic acids is 1. The van der Waals surface area contributed by atoms with Gasteiger partial charge in [-0.25, -0.2) is 8.42 Å². The van der Waals surface area contributed by atoms with E-state index in [1.807, 2.05) is 9.80 Å². The molecule has 164 valence electrons. The number of ether oxygens (including phenoxy) is 2. The summed E-state index contributed by atoms with van der Waals surface area (Å²) in [5.41, 5.74) is 0. The molecule has 1 aliphatic rings. The van der Waals surface area contributed by atoms with Crippen molar-refractivity contribution >= 4 is 15.9 Å². The Morgan fingerprint density at radius 1 is 1.00 bits per heavy atom. The normalized spacial score (nSPS) is 15.9. The zero-order chi connectivity index (χ0) is 21.4. The third-order valence-electron chi connectivity index (χ3n) is 5.02. The lowest BCUT2D eigenvalue weighted by Gasteiger charge is -2.34. The van der Waals surface area contributed by atoms with Gasteiger partial charge in [0.05, 0.1) is 25.7 Å². The summed E-state index contributed by atoms with van der Waals surface area (Å²) >= 11 is 0. The molecular weight excluding hydrogens is 394 g/mol. The molecule has 8 nitrogen and oxygen atoms in total. The predicted molar refractivity (Wildman–Crippen MR) is 112 cm³/mol. The second kappa shape index (κ2) is 10.8. The van der Waals surface area contributed by atoms with Crippen LogP contribution in [0.1, 0.15) is 26.7 Å². The van der Waals surface area contributed by atoms with E-state index in [0.717, 1.165) is 25.9 Å². The molecule has 29 heavy (non-hydrogen) atoms. The first kappa shape index (κ1) is 23.4. The van der Waals surface area contributed by atoms with E-state index in [2.05, 4.69) is 13.8 Å². The Hall–Kier alpha value is -1.84. The van der Waals surface area contributed by atoms with Gasteiger partial charge in [0.15, 0.2) is 11.5 Å². The van der Waals surface area contributed by atoms with Crippen molar-refractivity contribution in [3.05, 3.63) is 18.2 Å². The van der Waals surface area contributed by atoms with Gasteiger partial charge in [-0.2, -0.15) is 4.31 Å². The van der Waals surface area contributed by atoms with Gasteiger partial charge in [-0.05, 0) is 25.0 Å². The molecular formula is C20H33N3O5S. The molecule has 0 bridgehead atoms. The standard InChI is InChI=1S/C20H33N3O5S/c1-5-9-22(10-6-2)20(24)16-21-11-13-23(14-12-21)29(25,26)17-7-8-18(27-3)19(15-17)28-4/h7-8,15H,5-6,9-14,16H2,1-4H3. The fourth-order valence-electron chi connectivity index (χ4n) is 3.45. The number of nitrogens with zero attached hydrogens (tertiary/aromatic N) is 3. The molecule has 1 amide bonds. The molecule has 0 N–H and O–H groups in total. The summed E-state index contributed by atoms with van der Waals surface area (Å²) in [6.45, 7) is 7.76. The Bertz CT molecular complexity index is 770. The number of methoxy groups -OCH3 is 2. The molecule has 0 radical (unpaired) electrons. The van der Waals surface area contributed by atoms with Gasteiger partial charge in [0.1, 0.15) is 0 Å². The van der Waals surface area contributed by atoms with E-state index in [-0.39, 0.29) is 10.8 Å². The van der Waals surface area contributed by atoms with E-state index < -0.39 is 10.0 Å². The van der Waals surface area contributed by atoms with Gasteiger partial charge >= 0.3 is 0 Å². The molecule has 1 saturated heterocycles. The summed E-state index contributed by atoms with van der Waals surface area (Å²) in [6.07, 6.45) is 1.87. The van der Waals surface area contributed by atoms with Crippen molar-refractivity contribution in [1.82, 2.24) is 14.1 Å². The molecule has 1 aromatic rings. The Labute approximate surface area is 174 Å². The number of piperazine rings is 1. The average molecular weight is 428 g/mol. The molecule has 1 aromatic carbocycles. The van der Waals surface area contributed by atoms with Crippen molar-refractivity contribution in [1.29, 1.82) is 0 Å². The molecule has 1 aliphatic heterocycles. The van der Waals surface area contributed by atoms with Crippen LogP contribution in [0.3, 0.4) is 0 Å². The van der Waals surface area contributed by atoms with E-state index in [0.29, 0.717) is 44.2 Å². The Kier molecular flexibility index (Phi) is 8.73. The summed E-state index contributed by atoms with van der Waals surface area (Å²) in [6, 6.07) is 4.61. The van der Waals surface area contributed by atoms with Crippen molar-refractivity contribution in [3.63, 3.8) is 0 Å². The lowest BCUT2D eigenvalue weighted by atomic mass is 10.3. The molecule has 2 rings (SSSR count). The first-order chi connectivity index (χ1) is 13.9. The number of rotatable bonds is 10. The number of hydrogen-bond acceptors (Lipinski definition) is 6. The first-order valence-corrected chi connectivity index (χ1v) is 11.5. The first-order valence-electron chi connectivity index (χ1n) is 10.1. The Morgan fingerprint density at radius 3 is 2.10 bits per heavy atom. The maximum Gasteiger partial charge on any atom is 0.243 e. The van der Waals surface area contributed by atoms with E-state index in [1.165, 1.54) is 30.7 Å². The van der Waals surface area contributed by atoms with Crippen molar-refractivity contribution in [2.45, 2.75) is 31.6 Å². The minimum Gasteiger partial charge on any atom is -0.493 e. The highest BCUT2D eigenvalue weighted by Crippen LogP contribution is 2.30. The molecule has 0 aromatic heterocycles. The van der Waals surface area contributed by atoms with Crippen molar-refractivity contribution in [2.75, 3.05) is 60.0 Å². The molecule has 0 aliphatic carbocycles. The fraction of sp³-hybridized carbons (Fsp3) is 0.650. The number of carbonyl (C=O) groups is 1. The maximum atomic E-state index is 13.0. The van der Waals surface area contributed by atoms with Crippen LogP contribution >= 0.6 is 0 Å². The lowest BCUT2D eigenvalue weighted by Crippen LogP contribution is -2.51. The summed E-state index contributed by atoms with van der Waals surface area (Å²) in [4.78, 5) is 16.7. The molecule has 0 unspecified atom stereocenters. The van der Waals surface area contributed by atoms with E-state index in [9.17, 15) is 13.2 Å². The third-order valence-corrected chi connectivity index (χ3v) is 6.92. The minimum absolute atomic E-state index is 0.116. The van der Waals surface area contributed by atoms with Crippen LogP contribution in [-0.4, -0.2) is 88.5 Å². The monoisotopic (exact) mass is 427 g/mol.